The van der Waals surface area contributed by atoms with Gasteiger partial charge in [0.2, 0.25) is 11.8 Å². The van der Waals surface area contributed by atoms with Gasteiger partial charge in [-0.05, 0) is 54.4 Å². The van der Waals surface area contributed by atoms with E-state index < -0.39 is 17.3 Å². The van der Waals surface area contributed by atoms with E-state index in [9.17, 15) is 14.0 Å². The molecule has 1 unspecified atom stereocenters. The Hall–Kier alpha value is -3.45. The molecule has 0 radical (unpaired) electrons. The molecule has 0 aliphatic carbocycles. The number of nitrogens with one attached hydrogen (secondary N) is 2. The average molecular weight is 440 g/mol. The highest BCUT2D eigenvalue weighted by molar-refractivity contribution is 6.31. The Morgan fingerprint density at radius 1 is 1.13 bits per heavy atom. The first kappa shape index (κ1) is 20.8. The predicted octanol–water partition coefficient (Wildman–Crippen LogP) is 4.83. The zero-order valence-electron chi connectivity index (χ0n) is 16.8. The van der Waals surface area contributed by atoms with Crippen molar-refractivity contribution >= 4 is 34.8 Å². The van der Waals surface area contributed by atoms with Crippen LogP contribution in [0, 0.1) is 5.82 Å². The lowest BCUT2D eigenvalue weighted by Crippen LogP contribution is -2.44. The number of nitrogens with zero attached hydrogens (tertiary/aromatic N) is 1. The second kappa shape index (κ2) is 8.00. The summed E-state index contributed by atoms with van der Waals surface area (Å²) in [4.78, 5) is 28.6. The van der Waals surface area contributed by atoms with Crippen molar-refractivity contribution in [2.75, 3.05) is 10.6 Å². The van der Waals surface area contributed by atoms with Gasteiger partial charge in [-0.1, -0.05) is 23.7 Å². The molecule has 1 aliphatic rings. The van der Waals surface area contributed by atoms with Crippen molar-refractivity contribution < 1.29 is 18.7 Å². The molecule has 1 atom stereocenters. The molecule has 0 fully saturated rings. The fourth-order valence-corrected chi connectivity index (χ4v) is 3.70. The molecule has 3 aromatic rings. The highest BCUT2D eigenvalue weighted by Crippen LogP contribution is 2.40. The van der Waals surface area contributed by atoms with E-state index >= 15 is 0 Å². The van der Waals surface area contributed by atoms with Crippen molar-refractivity contribution in [2.45, 2.75) is 25.9 Å². The lowest BCUT2D eigenvalue weighted by Gasteiger charge is -2.22. The summed E-state index contributed by atoms with van der Waals surface area (Å²) in [6, 6.07) is 13.2. The van der Waals surface area contributed by atoms with Crippen LogP contribution in [0.2, 0.25) is 5.02 Å². The third-order valence-electron chi connectivity index (χ3n) is 5.00. The maximum Gasteiger partial charge on any atom is 0.268 e. The third kappa shape index (κ3) is 4.22. The number of carbonyl (C=O) groups excluding carboxylic acids is 2. The number of pyridine rings is 1. The molecule has 1 aliphatic heterocycles. The second-order valence-corrected chi connectivity index (χ2v) is 7.90. The number of benzene rings is 2. The van der Waals surface area contributed by atoms with Crippen LogP contribution in [0.1, 0.15) is 19.4 Å². The number of anilines is 2. The topological polar surface area (TPSA) is 80.3 Å². The first-order chi connectivity index (χ1) is 14.7. The maximum atomic E-state index is 13.4. The zero-order chi connectivity index (χ0) is 22.2. The molecule has 8 heteroatoms. The molecule has 2 amide bonds. The van der Waals surface area contributed by atoms with Crippen LogP contribution in [0.4, 0.5) is 15.8 Å². The Bertz CT molecular complexity index is 1200. The Morgan fingerprint density at radius 2 is 1.90 bits per heavy atom. The quantitative estimate of drug-likeness (QED) is 0.610. The number of ether oxygens (including phenoxy) is 1. The molecule has 0 saturated carbocycles. The van der Waals surface area contributed by atoms with E-state index in [2.05, 4.69) is 15.6 Å². The van der Waals surface area contributed by atoms with Crippen molar-refractivity contribution in [3.8, 4) is 17.0 Å². The summed E-state index contributed by atoms with van der Waals surface area (Å²) in [6.45, 7) is 3.12. The lowest BCUT2D eigenvalue weighted by molar-refractivity contribution is -0.128. The summed E-state index contributed by atoms with van der Waals surface area (Å²) < 4.78 is 19.3. The molecule has 2 aromatic carbocycles. The van der Waals surface area contributed by atoms with E-state index in [-0.39, 0.29) is 17.4 Å². The molecule has 0 saturated heterocycles. The van der Waals surface area contributed by atoms with Crippen LogP contribution in [-0.2, 0) is 16.0 Å². The van der Waals surface area contributed by atoms with Crippen LogP contribution in [0.5, 0.6) is 5.88 Å². The van der Waals surface area contributed by atoms with E-state index in [0.29, 0.717) is 17.3 Å². The smallest absolute Gasteiger partial charge is 0.268 e. The summed E-state index contributed by atoms with van der Waals surface area (Å²) in [7, 11) is 0. The second-order valence-electron chi connectivity index (χ2n) is 7.50. The average Bonchev–Trinajstić information content (AvgIpc) is 3.08. The van der Waals surface area contributed by atoms with Crippen molar-refractivity contribution in [3.05, 3.63) is 71.1 Å². The molecule has 1 aromatic heterocycles. The van der Waals surface area contributed by atoms with Gasteiger partial charge in [-0.25, -0.2) is 9.37 Å². The van der Waals surface area contributed by atoms with E-state index in [1.54, 1.807) is 19.2 Å². The largest absolute Gasteiger partial charge is 0.461 e. The first-order valence-electron chi connectivity index (χ1n) is 9.56. The Labute approximate surface area is 183 Å². The van der Waals surface area contributed by atoms with Crippen molar-refractivity contribution in [1.29, 1.82) is 0 Å². The van der Waals surface area contributed by atoms with Crippen LogP contribution < -0.4 is 15.4 Å². The molecular formula is C23H19ClFN3O3. The fraction of sp³-hybridized carbons (Fsp3) is 0.174. The fourth-order valence-electron chi connectivity index (χ4n) is 3.52. The van der Waals surface area contributed by atoms with Gasteiger partial charge in [0.15, 0.2) is 5.60 Å². The van der Waals surface area contributed by atoms with E-state index in [0.717, 1.165) is 16.7 Å². The first-order valence-corrected chi connectivity index (χ1v) is 9.94. The standard InChI is InChI=1S/C23H19ClFN3O3/c1-13(29)27-15-5-3-4-14(10-15)17-8-9-26-21-18(17)12-23(2,31-21)22(30)28-16-6-7-20(25)19(24)11-16/h3-11H,12H2,1-2H3,(H,27,29)(H,28,30). The van der Waals surface area contributed by atoms with Gasteiger partial charge < -0.3 is 15.4 Å². The summed E-state index contributed by atoms with van der Waals surface area (Å²) in [5.74, 6) is -0.750. The van der Waals surface area contributed by atoms with E-state index in [1.165, 1.54) is 25.1 Å². The summed E-state index contributed by atoms with van der Waals surface area (Å²) >= 11 is 5.80. The van der Waals surface area contributed by atoms with Crippen LogP contribution >= 0.6 is 11.6 Å². The lowest BCUT2D eigenvalue weighted by atomic mass is 9.93. The number of halogens is 2. The van der Waals surface area contributed by atoms with Gasteiger partial charge in [0.1, 0.15) is 5.82 Å². The number of aromatic nitrogens is 1. The summed E-state index contributed by atoms with van der Waals surface area (Å²) in [5, 5.41) is 5.41. The van der Waals surface area contributed by atoms with Crippen molar-refractivity contribution in [1.82, 2.24) is 4.98 Å². The molecule has 2 N–H and O–H groups in total. The van der Waals surface area contributed by atoms with Crippen LogP contribution in [0.25, 0.3) is 11.1 Å². The Morgan fingerprint density at radius 3 is 2.65 bits per heavy atom. The minimum Gasteiger partial charge on any atom is -0.461 e. The molecule has 0 bridgehead atoms. The monoisotopic (exact) mass is 439 g/mol. The molecule has 31 heavy (non-hydrogen) atoms. The number of hydrogen-bond donors (Lipinski definition) is 2. The molecule has 158 valence electrons. The van der Waals surface area contributed by atoms with Crippen LogP contribution in [-0.4, -0.2) is 22.4 Å². The summed E-state index contributed by atoms with van der Waals surface area (Å²) in [6.07, 6.45) is 1.90. The van der Waals surface area contributed by atoms with E-state index in [1.807, 2.05) is 24.3 Å². The normalized spacial score (nSPS) is 16.9. The number of hydrogen-bond acceptors (Lipinski definition) is 4. The Kier molecular flexibility index (Phi) is 5.37. The maximum absolute atomic E-state index is 13.4. The van der Waals surface area contributed by atoms with Gasteiger partial charge in [0.05, 0.1) is 5.02 Å². The third-order valence-corrected chi connectivity index (χ3v) is 5.29. The van der Waals surface area contributed by atoms with Crippen molar-refractivity contribution in [2.24, 2.45) is 0 Å². The minimum absolute atomic E-state index is 0.0819. The molecule has 6 nitrogen and oxygen atoms in total. The molecule has 0 spiro atoms. The van der Waals surface area contributed by atoms with Gasteiger partial charge in [0.25, 0.3) is 5.91 Å². The molecular weight excluding hydrogens is 421 g/mol. The number of amides is 2. The highest BCUT2D eigenvalue weighted by atomic mass is 35.5. The number of rotatable bonds is 4. The van der Waals surface area contributed by atoms with Gasteiger partial charge in [-0.3, -0.25) is 9.59 Å². The van der Waals surface area contributed by atoms with E-state index in [4.69, 9.17) is 16.3 Å². The number of fused-ring (bicyclic) bond motifs is 1. The summed E-state index contributed by atoms with van der Waals surface area (Å²) in [5.41, 5.74) is 2.34. The van der Waals surface area contributed by atoms with Crippen LogP contribution in [0.3, 0.4) is 0 Å². The van der Waals surface area contributed by atoms with Crippen molar-refractivity contribution in [3.63, 3.8) is 0 Å². The predicted molar refractivity (Wildman–Crippen MR) is 117 cm³/mol. The van der Waals surface area contributed by atoms with Gasteiger partial charge in [0, 0.05) is 36.5 Å². The highest BCUT2D eigenvalue weighted by Gasteiger charge is 2.44. The molecule has 4 rings (SSSR count). The van der Waals surface area contributed by atoms with Gasteiger partial charge in [-0.15, -0.1) is 0 Å². The minimum atomic E-state index is -1.21. The van der Waals surface area contributed by atoms with Gasteiger partial charge >= 0.3 is 0 Å². The SMILES string of the molecule is CC(=O)Nc1cccc(-c2ccnc3c2CC(C)(C(=O)Nc2ccc(F)c(Cl)c2)O3)c1. The Balaban J connectivity index is 1.61. The zero-order valence-corrected chi connectivity index (χ0v) is 17.6. The van der Waals surface area contributed by atoms with Crippen LogP contribution in [0.15, 0.2) is 54.7 Å². The number of carbonyl (C=O) groups is 2. The molecule has 2 heterocycles. The van der Waals surface area contributed by atoms with Gasteiger partial charge in [-0.2, -0.15) is 0 Å².